The summed E-state index contributed by atoms with van der Waals surface area (Å²) in [4.78, 5) is 0. The fraction of sp³-hybridized carbons (Fsp3) is 0.400. The van der Waals surface area contributed by atoms with Gasteiger partial charge in [0.1, 0.15) is 0 Å². The molecule has 0 radical (unpaired) electrons. The van der Waals surface area contributed by atoms with Gasteiger partial charge in [0.05, 0.1) is 20.3 Å². The number of hydrogen-bond acceptors (Lipinski definition) is 3. The van der Waals surface area contributed by atoms with Gasteiger partial charge in [0.2, 0.25) is 0 Å². The Bertz CT molecular complexity index is 323. The summed E-state index contributed by atoms with van der Waals surface area (Å²) in [6, 6.07) is 2.71. The standard InChI is InChI=1S/C10H13FO3/c1-6(12)7-4-5-8(11)10(14-3)9(7)13-2/h4-6,12H,1-3H3. The lowest BCUT2D eigenvalue weighted by molar-refractivity contribution is 0.192. The maximum absolute atomic E-state index is 13.2. The molecule has 0 fully saturated rings. The van der Waals surface area contributed by atoms with Crippen molar-refractivity contribution in [2.75, 3.05) is 14.2 Å². The van der Waals surface area contributed by atoms with Crippen molar-refractivity contribution in [2.24, 2.45) is 0 Å². The molecule has 0 saturated heterocycles. The third-order valence-electron chi connectivity index (χ3n) is 1.95. The Balaban J connectivity index is 3.33. The lowest BCUT2D eigenvalue weighted by Crippen LogP contribution is -2.01. The lowest BCUT2D eigenvalue weighted by atomic mass is 10.1. The maximum Gasteiger partial charge on any atom is 0.197 e. The molecule has 3 nitrogen and oxygen atoms in total. The highest BCUT2D eigenvalue weighted by molar-refractivity contribution is 5.48. The first-order valence-electron chi connectivity index (χ1n) is 4.20. The molecule has 0 amide bonds. The molecule has 0 aromatic heterocycles. The summed E-state index contributed by atoms with van der Waals surface area (Å²) in [7, 11) is 2.76. The Kier molecular flexibility index (Phi) is 3.30. The van der Waals surface area contributed by atoms with Gasteiger partial charge in [-0.25, -0.2) is 4.39 Å². The molecule has 14 heavy (non-hydrogen) atoms. The first kappa shape index (κ1) is 10.8. The Morgan fingerprint density at radius 2 is 1.79 bits per heavy atom. The zero-order chi connectivity index (χ0) is 10.7. The van der Waals surface area contributed by atoms with Crippen LogP contribution in [0.25, 0.3) is 0 Å². The molecule has 1 aromatic rings. The predicted octanol–water partition coefficient (Wildman–Crippen LogP) is 1.90. The number of aliphatic hydroxyl groups excluding tert-OH is 1. The monoisotopic (exact) mass is 200 g/mol. The van der Waals surface area contributed by atoms with Crippen molar-refractivity contribution >= 4 is 0 Å². The number of hydrogen-bond donors (Lipinski definition) is 1. The molecule has 1 rings (SSSR count). The van der Waals surface area contributed by atoms with Gasteiger partial charge in [-0.05, 0) is 19.1 Å². The zero-order valence-corrected chi connectivity index (χ0v) is 8.37. The highest BCUT2D eigenvalue weighted by Gasteiger charge is 2.17. The Labute approximate surface area is 82.1 Å². The van der Waals surface area contributed by atoms with Crippen LogP contribution in [0.5, 0.6) is 11.5 Å². The largest absolute Gasteiger partial charge is 0.492 e. The normalized spacial score (nSPS) is 12.4. The van der Waals surface area contributed by atoms with Crippen LogP contribution < -0.4 is 9.47 Å². The minimum Gasteiger partial charge on any atom is -0.492 e. The molecule has 78 valence electrons. The number of aliphatic hydroxyl groups is 1. The topological polar surface area (TPSA) is 38.7 Å². The summed E-state index contributed by atoms with van der Waals surface area (Å²) in [6.45, 7) is 1.58. The SMILES string of the molecule is COc1c(F)ccc(C(C)O)c1OC. The third kappa shape index (κ3) is 1.80. The van der Waals surface area contributed by atoms with Crippen molar-refractivity contribution in [1.82, 2.24) is 0 Å². The highest BCUT2D eigenvalue weighted by atomic mass is 19.1. The van der Waals surface area contributed by atoms with E-state index < -0.39 is 11.9 Å². The van der Waals surface area contributed by atoms with E-state index in [1.165, 1.54) is 26.4 Å². The number of benzene rings is 1. The van der Waals surface area contributed by atoms with E-state index in [1.807, 2.05) is 0 Å². The van der Waals surface area contributed by atoms with Gasteiger partial charge in [-0.3, -0.25) is 0 Å². The van der Waals surface area contributed by atoms with Crippen LogP contribution in [0, 0.1) is 5.82 Å². The quantitative estimate of drug-likeness (QED) is 0.809. The third-order valence-corrected chi connectivity index (χ3v) is 1.95. The number of halogens is 1. The number of methoxy groups -OCH3 is 2. The Morgan fingerprint density at radius 3 is 2.21 bits per heavy atom. The van der Waals surface area contributed by atoms with E-state index in [0.29, 0.717) is 5.56 Å². The van der Waals surface area contributed by atoms with Crippen molar-refractivity contribution in [2.45, 2.75) is 13.0 Å². The van der Waals surface area contributed by atoms with Gasteiger partial charge < -0.3 is 14.6 Å². The van der Waals surface area contributed by atoms with E-state index in [-0.39, 0.29) is 11.5 Å². The van der Waals surface area contributed by atoms with Crippen molar-refractivity contribution in [3.05, 3.63) is 23.5 Å². The molecule has 0 aliphatic rings. The molecular weight excluding hydrogens is 187 g/mol. The van der Waals surface area contributed by atoms with E-state index in [0.717, 1.165) is 0 Å². The van der Waals surface area contributed by atoms with Crippen molar-refractivity contribution in [3.8, 4) is 11.5 Å². The number of rotatable bonds is 3. The summed E-state index contributed by atoms with van der Waals surface area (Å²) in [6.07, 6.45) is -0.723. The molecular formula is C10H13FO3. The van der Waals surface area contributed by atoms with E-state index in [2.05, 4.69) is 0 Å². The van der Waals surface area contributed by atoms with Crippen LogP contribution in [0.3, 0.4) is 0 Å². The second kappa shape index (κ2) is 4.28. The zero-order valence-electron chi connectivity index (χ0n) is 8.37. The van der Waals surface area contributed by atoms with E-state index in [9.17, 15) is 9.50 Å². The first-order chi connectivity index (χ1) is 6.61. The molecule has 0 heterocycles. The minimum absolute atomic E-state index is 0.0194. The van der Waals surface area contributed by atoms with Crippen molar-refractivity contribution < 1.29 is 19.0 Å². The van der Waals surface area contributed by atoms with E-state index in [4.69, 9.17) is 9.47 Å². The Hall–Kier alpha value is -1.29. The average Bonchev–Trinajstić information content (AvgIpc) is 2.16. The summed E-state index contributed by atoms with van der Waals surface area (Å²) in [5, 5.41) is 9.39. The molecule has 0 aliphatic heterocycles. The maximum atomic E-state index is 13.2. The predicted molar refractivity (Wildman–Crippen MR) is 50.1 cm³/mol. The molecule has 1 atom stereocenters. The van der Waals surface area contributed by atoms with E-state index >= 15 is 0 Å². The lowest BCUT2D eigenvalue weighted by Gasteiger charge is -2.14. The van der Waals surface area contributed by atoms with Crippen LogP contribution in [0.2, 0.25) is 0 Å². The second-order valence-electron chi connectivity index (χ2n) is 2.88. The second-order valence-corrected chi connectivity index (χ2v) is 2.88. The molecule has 0 bridgehead atoms. The molecule has 0 aliphatic carbocycles. The van der Waals surface area contributed by atoms with Gasteiger partial charge in [0, 0.05) is 5.56 Å². The minimum atomic E-state index is -0.723. The van der Waals surface area contributed by atoms with Gasteiger partial charge in [-0.2, -0.15) is 0 Å². The first-order valence-corrected chi connectivity index (χ1v) is 4.20. The molecule has 0 spiro atoms. The molecule has 1 N–H and O–H groups in total. The van der Waals surface area contributed by atoms with Gasteiger partial charge in [-0.15, -0.1) is 0 Å². The fourth-order valence-electron chi connectivity index (χ4n) is 1.28. The summed E-state index contributed by atoms with van der Waals surface area (Å²) in [5.74, 6) is -0.248. The van der Waals surface area contributed by atoms with Crippen LogP contribution in [0.4, 0.5) is 4.39 Å². The average molecular weight is 200 g/mol. The molecule has 1 aromatic carbocycles. The fourth-order valence-corrected chi connectivity index (χ4v) is 1.28. The van der Waals surface area contributed by atoms with E-state index in [1.54, 1.807) is 6.92 Å². The summed E-state index contributed by atoms with van der Waals surface area (Å²) < 4.78 is 23.0. The smallest absolute Gasteiger partial charge is 0.197 e. The molecule has 4 heteroatoms. The Morgan fingerprint density at radius 1 is 1.21 bits per heavy atom. The van der Waals surface area contributed by atoms with Gasteiger partial charge in [0.15, 0.2) is 17.3 Å². The highest BCUT2D eigenvalue weighted by Crippen LogP contribution is 2.36. The molecule has 0 saturated carbocycles. The van der Waals surface area contributed by atoms with Crippen LogP contribution in [-0.4, -0.2) is 19.3 Å². The molecule has 1 unspecified atom stereocenters. The number of ether oxygens (including phenoxy) is 2. The van der Waals surface area contributed by atoms with Gasteiger partial charge in [-0.1, -0.05) is 0 Å². The van der Waals surface area contributed by atoms with Crippen molar-refractivity contribution in [1.29, 1.82) is 0 Å². The van der Waals surface area contributed by atoms with Crippen LogP contribution in [-0.2, 0) is 0 Å². The van der Waals surface area contributed by atoms with Crippen LogP contribution in [0.15, 0.2) is 12.1 Å². The van der Waals surface area contributed by atoms with Gasteiger partial charge in [0.25, 0.3) is 0 Å². The van der Waals surface area contributed by atoms with Crippen LogP contribution in [0.1, 0.15) is 18.6 Å². The van der Waals surface area contributed by atoms with Gasteiger partial charge >= 0.3 is 0 Å². The summed E-state index contributed by atoms with van der Waals surface area (Å²) >= 11 is 0. The van der Waals surface area contributed by atoms with Crippen LogP contribution >= 0.6 is 0 Å². The van der Waals surface area contributed by atoms with Crippen molar-refractivity contribution in [3.63, 3.8) is 0 Å². The summed E-state index contributed by atoms with van der Waals surface area (Å²) in [5.41, 5.74) is 0.505.